The summed E-state index contributed by atoms with van der Waals surface area (Å²) in [4.78, 5) is 10.3. The molecule has 0 aromatic heterocycles. The van der Waals surface area contributed by atoms with E-state index < -0.39 is 18.2 Å². The van der Waals surface area contributed by atoms with Crippen molar-refractivity contribution in [3.63, 3.8) is 0 Å². The second kappa shape index (κ2) is 14.5. The molecule has 0 aromatic rings. The van der Waals surface area contributed by atoms with Crippen molar-refractivity contribution in [2.24, 2.45) is 0 Å². The van der Waals surface area contributed by atoms with E-state index in [0.29, 0.717) is 12.8 Å². The number of aliphatic carboxylic acids is 1. The Morgan fingerprint density at radius 2 is 1.50 bits per heavy atom. The second-order valence-electron chi connectivity index (χ2n) is 5.30. The van der Waals surface area contributed by atoms with Gasteiger partial charge in [-0.25, -0.2) is 0 Å². The average molecular weight is 310 g/mol. The van der Waals surface area contributed by atoms with Crippen LogP contribution in [0.1, 0.15) is 58.3 Å². The van der Waals surface area contributed by atoms with Crippen LogP contribution in [0, 0.1) is 0 Å². The first-order valence-electron chi connectivity index (χ1n) is 8.10. The first kappa shape index (κ1) is 20.6. The van der Waals surface area contributed by atoms with Crippen molar-refractivity contribution in [2.45, 2.75) is 70.5 Å². The van der Waals surface area contributed by atoms with Crippen LogP contribution in [0.4, 0.5) is 0 Å². The number of allylic oxidation sites excluding steroid dienone is 5. The van der Waals surface area contributed by atoms with Gasteiger partial charge in [-0.2, -0.15) is 0 Å². The summed E-state index contributed by atoms with van der Waals surface area (Å²) in [5, 5.41) is 27.4. The van der Waals surface area contributed by atoms with Crippen molar-refractivity contribution < 1.29 is 20.1 Å². The maximum atomic E-state index is 10.3. The Kier molecular flexibility index (Phi) is 13.6. The number of carbonyl (C=O) groups is 1. The van der Waals surface area contributed by atoms with Gasteiger partial charge in [-0.15, -0.1) is 0 Å². The van der Waals surface area contributed by atoms with Gasteiger partial charge in [0.05, 0.1) is 12.2 Å². The first-order valence-corrected chi connectivity index (χ1v) is 8.10. The number of hydrogen-bond acceptors (Lipinski definition) is 3. The zero-order valence-electron chi connectivity index (χ0n) is 13.5. The van der Waals surface area contributed by atoms with Crippen molar-refractivity contribution in [3.05, 3.63) is 36.5 Å². The van der Waals surface area contributed by atoms with E-state index >= 15 is 0 Å². The molecule has 2 atom stereocenters. The highest BCUT2D eigenvalue weighted by Crippen LogP contribution is 2.04. The lowest BCUT2D eigenvalue weighted by Gasteiger charge is -2.13. The van der Waals surface area contributed by atoms with Gasteiger partial charge in [0.25, 0.3) is 0 Å². The minimum absolute atomic E-state index is 0.254. The van der Waals surface area contributed by atoms with Crippen LogP contribution in [0.3, 0.4) is 0 Å². The van der Waals surface area contributed by atoms with Crippen molar-refractivity contribution in [2.75, 3.05) is 0 Å². The van der Waals surface area contributed by atoms with Crippen LogP contribution in [0.15, 0.2) is 36.5 Å². The SMILES string of the molecule is CC[C@H](O)[C@@H](O)C/C=C\C/C=C\C/C=C\CCCCC(=O)O. The van der Waals surface area contributed by atoms with Gasteiger partial charge < -0.3 is 15.3 Å². The molecule has 0 spiro atoms. The smallest absolute Gasteiger partial charge is 0.303 e. The number of aliphatic hydroxyl groups is 2. The van der Waals surface area contributed by atoms with Crippen LogP contribution in [-0.2, 0) is 4.79 Å². The Hall–Kier alpha value is -1.39. The molecule has 22 heavy (non-hydrogen) atoms. The van der Waals surface area contributed by atoms with Crippen LogP contribution in [0.25, 0.3) is 0 Å². The van der Waals surface area contributed by atoms with Gasteiger partial charge >= 0.3 is 5.97 Å². The van der Waals surface area contributed by atoms with Crippen LogP contribution in [0.2, 0.25) is 0 Å². The Bertz CT molecular complexity index is 358. The van der Waals surface area contributed by atoms with Gasteiger partial charge in [0.2, 0.25) is 0 Å². The molecule has 3 N–H and O–H groups in total. The van der Waals surface area contributed by atoms with Gasteiger partial charge in [-0.05, 0) is 44.9 Å². The van der Waals surface area contributed by atoms with Crippen molar-refractivity contribution in [1.29, 1.82) is 0 Å². The largest absolute Gasteiger partial charge is 0.481 e. The molecule has 0 aliphatic heterocycles. The molecule has 4 nitrogen and oxygen atoms in total. The van der Waals surface area contributed by atoms with E-state index in [-0.39, 0.29) is 6.42 Å². The zero-order valence-corrected chi connectivity index (χ0v) is 13.5. The van der Waals surface area contributed by atoms with E-state index in [4.69, 9.17) is 5.11 Å². The number of hydrogen-bond donors (Lipinski definition) is 3. The molecule has 0 aromatic carbocycles. The topological polar surface area (TPSA) is 77.8 Å². The summed E-state index contributed by atoms with van der Waals surface area (Å²) in [5.41, 5.74) is 0. The number of carboxylic acid groups (broad SMARTS) is 1. The molecule has 0 saturated carbocycles. The highest BCUT2D eigenvalue weighted by Gasteiger charge is 2.11. The Morgan fingerprint density at radius 1 is 0.909 bits per heavy atom. The molecule has 0 unspecified atom stereocenters. The van der Waals surface area contributed by atoms with E-state index in [1.165, 1.54) is 0 Å². The predicted octanol–water partition coefficient (Wildman–Crippen LogP) is 3.60. The van der Waals surface area contributed by atoms with Crippen molar-refractivity contribution in [1.82, 2.24) is 0 Å². The lowest BCUT2D eigenvalue weighted by molar-refractivity contribution is -0.137. The van der Waals surface area contributed by atoms with Gasteiger partial charge in [-0.3, -0.25) is 4.79 Å². The molecule has 0 bridgehead atoms. The van der Waals surface area contributed by atoms with Crippen LogP contribution >= 0.6 is 0 Å². The fraction of sp³-hybridized carbons (Fsp3) is 0.611. The number of aliphatic hydroxyl groups excluding tert-OH is 2. The monoisotopic (exact) mass is 310 g/mol. The molecule has 0 aliphatic rings. The molecule has 126 valence electrons. The van der Waals surface area contributed by atoms with Crippen molar-refractivity contribution in [3.8, 4) is 0 Å². The van der Waals surface area contributed by atoms with Crippen LogP contribution < -0.4 is 0 Å². The van der Waals surface area contributed by atoms with Gasteiger partial charge in [0.1, 0.15) is 0 Å². The quantitative estimate of drug-likeness (QED) is 0.359. The zero-order chi connectivity index (χ0) is 16.6. The predicted molar refractivity (Wildman–Crippen MR) is 89.7 cm³/mol. The number of unbranched alkanes of at least 4 members (excludes halogenated alkanes) is 2. The fourth-order valence-corrected chi connectivity index (χ4v) is 1.86. The molecule has 4 heteroatoms. The summed E-state index contributed by atoms with van der Waals surface area (Å²) in [6, 6.07) is 0. The van der Waals surface area contributed by atoms with Crippen LogP contribution in [0.5, 0.6) is 0 Å². The number of rotatable bonds is 13. The molecule has 0 amide bonds. The minimum Gasteiger partial charge on any atom is -0.481 e. The normalized spacial score (nSPS) is 15.0. The highest BCUT2D eigenvalue weighted by atomic mass is 16.4. The van der Waals surface area contributed by atoms with Crippen molar-refractivity contribution >= 4 is 5.97 Å². The van der Waals surface area contributed by atoms with E-state index in [1.807, 2.05) is 19.1 Å². The fourth-order valence-electron chi connectivity index (χ4n) is 1.86. The Balaban J connectivity index is 3.52. The summed E-state index contributed by atoms with van der Waals surface area (Å²) >= 11 is 0. The van der Waals surface area contributed by atoms with E-state index in [2.05, 4.69) is 24.3 Å². The molecule has 0 heterocycles. The molecule has 0 saturated heterocycles. The third-order valence-electron chi connectivity index (χ3n) is 3.30. The molecular formula is C18H30O4. The van der Waals surface area contributed by atoms with Gasteiger partial charge in [0.15, 0.2) is 0 Å². The molecule has 0 fully saturated rings. The first-order chi connectivity index (χ1) is 10.6. The highest BCUT2D eigenvalue weighted by molar-refractivity contribution is 5.66. The molecular weight excluding hydrogens is 280 g/mol. The van der Waals surface area contributed by atoms with E-state index in [9.17, 15) is 15.0 Å². The van der Waals surface area contributed by atoms with Crippen LogP contribution in [-0.4, -0.2) is 33.5 Å². The summed E-state index contributed by atoms with van der Waals surface area (Å²) < 4.78 is 0. The van der Waals surface area contributed by atoms with E-state index in [0.717, 1.165) is 32.1 Å². The number of carboxylic acids is 1. The molecule has 0 aliphatic carbocycles. The summed E-state index contributed by atoms with van der Waals surface area (Å²) in [6.07, 6.45) is 16.5. The lowest BCUT2D eigenvalue weighted by atomic mass is 10.1. The maximum Gasteiger partial charge on any atom is 0.303 e. The third kappa shape index (κ3) is 13.6. The second-order valence-corrected chi connectivity index (χ2v) is 5.30. The Morgan fingerprint density at radius 3 is 2.09 bits per heavy atom. The third-order valence-corrected chi connectivity index (χ3v) is 3.30. The molecule has 0 rings (SSSR count). The standard InChI is InChI=1S/C18H30O4/c1-2-16(19)17(20)14-12-10-8-6-4-3-5-7-9-11-13-15-18(21)22/h4-7,10,12,16-17,19-20H,2-3,8-9,11,13-15H2,1H3,(H,21,22)/b6-4-,7-5-,12-10-/t16-,17-/m0/s1. The summed E-state index contributed by atoms with van der Waals surface area (Å²) in [5.74, 6) is -0.725. The maximum absolute atomic E-state index is 10.3. The average Bonchev–Trinajstić information content (AvgIpc) is 2.50. The van der Waals surface area contributed by atoms with Gasteiger partial charge in [0, 0.05) is 6.42 Å². The van der Waals surface area contributed by atoms with E-state index in [1.54, 1.807) is 0 Å². The summed E-state index contributed by atoms with van der Waals surface area (Å²) in [6.45, 7) is 1.85. The summed E-state index contributed by atoms with van der Waals surface area (Å²) in [7, 11) is 0. The lowest BCUT2D eigenvalue weighted by Crippen LogP contribution is -2.23. The molecule has 0 radical (unpaired) electrons. The minimum atomic E-state index is -0.725. The van der Waals surface area contributed by atoms with Gasteiger partial charge in [-0.1, -0.05) is 43.4 Å². The Labute approximate surface area is 133 Å².